The third kappa shape index (κ3) is 3.72. The molecule has 0 radical (unpaired) electrons. The third-order valence-electron chi connectivity index (χ3n) is 5.16. The molecule has 0 saturated carbocycles. The summed E-state index contributed by atoms with van der Waals surface area (Å²) in [5, 5.41) is 0. The van der Waals surface area contributed by atoms with Crippen molar-refractivity contribution in [2.75, 3.05) is 7.11 Å². The van der Waals surface area contributed by atoms with Gasteiger partial charge < -0.3 is 14.2 Å². The first-order valence-electron chi connectivity index (χ1n) is 9.29. The van der Waals surface area contributed by atoms with E-state index in [4.69, 9.17) is 4.74 Å². The maximum atomic E-state index is 13.4. The Hall–Kier alpha value is -2.89. The summed E-state index contributed by atoms with van der Waals surface area (Å²) >= 11 is 0. The lowest BCUT2D eigenvalue weighted by atomic mass is 9.98. The average Bonchev–Trinajstić information content (AvgIpc) is 2.89. The molecule has 0 aliphatic heterocycles. The summed E-state index contributed by atoms with van der Waals surface area (Å²) in [4.78, 5) is 40.2. The molecule has 0 fully saturated rings. The molecule has 150 valence electrons. The number of benzene rings is 1. The molecule has 1 heterocycles. The zero-order valence-corrected chi connectivity index (χ0v) is 17.6. The molecule has 1 atom stereocenters. The fourth-order valence-electron chi connectivity index (χ4n) is 3.65. The molecular formula is C22H28N2O4. The number of esters is 1. The van der Waals surface area contributed by atoms with Crippen LogP contribution >= 0.6 is 0 Å². The second-order valence-electron chi connectivity index (χ2n) is 7.20. The maximum Gasteiger partial charge on any atom is 0.354 e. The van der Waals surface area contributed by atoms with Crippen LogP contribution < -0.4 is 0 Å². The smallest absolute Gasteiger partial charge is 0.354 e. The Kier molecular flexibility index (Phi) is 6.44. The Bertz CT molecular complexity index is 897. The minimum Gasteiger partial charge on any atom is -0.464 e. The molecule has 2 aromatic rings. The SMILES string of the molecule is COC(=O)c1c(C)c(C(=O)[C@H](C)N(C(=O)c2ccccc2)C(C)C)c(C)n1C. The van der Waals surface area contributed by atoms with Crippen molar-refractivity contribution in [3.05, 3.63) is 58.4 Å². The summed E-state index contributed by atoms with van der Waals surface area (Å²) < 4.78 is 6.52. The number of carbonyl (C=O) groups is 3. The Labute approximate surface area is 166 Å². The largest absolute Gasteiger partial charge is 0.464 e. The van der Waals surface area contributed by atoms with Crippen molar-refractivity contribution in [2.24, 2.45) is 7.05 Å². The van der Waals surface area contributed by atoms with Crippen molar-refractivity contribution in [2.45, 2.75) is 46.7 Å². The second-order valence-corrected chi connectivity index (χ2v) is 7.20. The van der Waals surface area contributed by atoms with Crippen LogP contribution in [0.5, 0.6) is 0 Å². The summed E-state index contributed by atoms with van der Waals surface area (Å²) in [6, 6.07) is 8.07. The van der Waals surface area contributed by atoms with Gasteiger partial charge in [0, 0.05) is 29.9 Å². The Morgan fingerprint density at radius 2 is 1.61 bits per heavy atom. The van der Waals surface area contributed by atoms with Crippen molar-refractivity contribution < 1.29 is 19.1 Å². The van der Waals surface area contributed by atoms with Crippen molar-refractivity contribution >= 4 is 17.7 Å². The van der Waals surface area contributed by atoms with Crippen LogP contribution in [0.25, 0.3) is 0 Å². The highest BCUT2D eigenvalue weighted by Crippen LogP contribution is 2.25. The quantitative estimate of drug-likeness (QED) is 0.564. The molecular weight excluding hydrogens is 356 g/mol. The molecule has 6 nitrogen and oxygen atoms in total. The van der Waals surface area contributed by atoms with E-state index in [9.17, 15) is 14.4 Å². The minimum absolute atomic E-state index is 0.170. The number of amides is 1. The Balaban J connectivity index is 2.47. The van der Waals surface area contributed by atoms with Gasteiger partial charge in [-0.15, -0.1) is 0 Å². The lowest BCUT2D eigenvalue weighted by molar-refractivity contribution is 0.0565. The van der Waals surface area contributed by atoms with Crippen molar-refractivity contribution in [3.63, 3.8) is 0 Å². The van der Waals surface area contributed by atoms with Gasteiger partial charge in [-0.1, -0.05) is 18.2 Å². The predicted octanol–water partition coefficient (Wildman–Crippen LogP) is 3.55. The number of carbonyl (C=O) groups excluding carboxylic acids is 3. The van der Waals surface area contributed by atoms with E-state index in [1.807, 2.05) is 19.9 Å². The first-order chi connectivity index (χ1) is 13.1. The van der Waals surface area contributed by atoms with Crippen LogP contribution in [0.3, 0.4) is 0 Å². The Morgan fingerprint density at radius 1 is 1.04 bits per heavy atom. The van der Waals surface area contributed by atoms with Gasteiger partial charge in [-0.05, 0) is 52.3 Å². The average molecular weight is 384 g/mol. The van der Waals surface area contributed by atoms with Gasteiger partial charge in [0.15, 0.2) is 5.78 Å². The van der Waals surface area contributed by atoms with Gasteiger partial charge in [0.05, 0.1) is 13.2 Å². The summed E-state index contributed by atoms with van der Waals surface area (Å²) in [5.74, 6) is -0.884. The standard InChI is InChI=1S/C22H28N2O4/c1-13(2)24(21(26)17-11-9-8-10-12-17)16(5)20(25)18-14(3)19(22(27)28-7)23(6)15(18)4/h8-13,16H,1-7H3/t16-/m0/s1. The lowest BCUT2D eigenvalue weighted by Crippen LogP contribution is -2.47. The molecule has 6 heteroatoms. The molecule has 0 spiro atoms. The van der Waals surface area contributed by atoms with E-state index in [1.165, 1.54) is 7.11 Å². The molecule has 1 aromatic carbocycles. The van der Waals surface area contributed by atoms with Gasteiger partial charge >= 0.3 is 5.97 Å². The second kappa shape index (κ2) is 8.42. The summed E-state index contributed by atoms with van der Waals surface area (Å²) in [7, 11) is 3.04. The molecule has 2 rings (SSSR count). The van der Waals surface area contributed by atoms with E-state index in [2.05, 4.69) is 0 Å². The number of nitrogens with zero attached hydrogens (tertiary/aromatic N) is 2. The fourth-order valence-corrected chi connectivity index (χ4v) is 3.65. The molecule has 0 saturated heterocycles. The van der Waals surface area contributed by atoms with E-state index < -0.39 is 12.0 Å². The molecule has 0 bridgehead atoms. The third-order valence-corrected chi connectivity index (χ3v) is 5.16. The highest BCUT2D eigenvalue weighted by molar-refractivity contribution is 6.07. The Morgan fingerprint density at radius 3 is 2.11 bits per heavy atom. The van der Waals surface area contributed by atoms with E-state index in [-0.39, 0.29) is 17.7 Å². The van der Waals surface area contributed by atoms with Gasteiger partial charge in [-0.3, -0.25) is 9.59 Å². The van der Waals surface area contributed by atoms with E-state index >= 15 is 0 Å². The van der Waals surface area contributed by atoms with Crippen LogP contribution in [0.15, 0.2) is 30.3 Å². The van der Waals surface area contributed by atoms with Crippen molar-refractivity contribution in [1.29, 1.82) is 0 Å². The van der Waals surface area contributed by atoms with E-state index in [1.54, 1.807) is 61.6 Å². The highest BCUT2D eigenvalue weighted by atomic mass is 16.5. The number of methoxy groups -OCH3 is 1. The molecule has 0 N–H and O–H groups in total. The van der Waals surface area contributed by atoms with Crippen LogP contribution in [0.1, 0.15) is 63.2 Å². The molecule has 0 aliphatic carbocycles. The van der Waals surface area contributed by atoms with Gasteiger partial charge in [-0.2, -0.15) is 0 Å². The zero-order valence-electron chi connectivity index (χ0n) is 17.6. The summed E-state index contributed by atoms with van der Waals surface area (Å²) in [5.41, 5.74) is 2.58. The fraction of sp³-hybridized carbons (Fsp3) is 0.409. The minimum atomic E-state index is -0.682. The normalized spacial score (nSPS) is 12.0. The highest BCUT2D eigenvalue weighted by Gasteiger charge is 2.33. The van der Waals surface area contributed by atoms with Crippen LogP contribution in [0.4, 0.5) is 0 Å². The number of hydrogen-bond donors (Lipinski definition) is 0. The number of Topliss-reactive ketones (excluding diaryl/α,β-unsaturated/α-hetero) is 1. The molecule has 0 unspecified atom stereocenters. The van der Waals surface area contributed by atoms with E-state index in [0.29, 0.717) is 28.1 Å². The van der Waals surface area contributed by atoms with Crippen molar-refractivity contribution in [1.82, 2.24) is 9.47 Å². The van der Waals surface area contributed by atoms with Gasteiger partial charge in [0.25, 0.3) is 5.91 Å². The lowest BCUT2D eigenvalue weighted by Gasteiger charge is -2.32. The van der Waals surface area contributed by atoms with Gasteiger partial charge in [-0.25, -0.2) is 4.79 Å². The van der Waals surface area contributed by atoms with Crippen LogP contribution in [0.2, 0.25) is 0 Å². The predicted molar refractivity (Wildman–Crippen MR) is 108 cm³/mol. The molecule has 1 aromatic heterocycles. The van der Waals surface area contributed by atoms with Crippen LogP contribution in [-0.4, -0.2) is 46.3 Å². The first kappa shape index (κ1) is 21.4. The van der Waals surface area contributed by atoms with Gasteiger partial charge in [0.1, 0.15) is 5.69 Å². The van der Waals surface area contributed by atoms with E-state index in [0.717, 1.165) is 0 Å². The van der Waals surface area contributed by atoms with Crippen LogP contribution in [0, 0.1) is 13.8 Å². The summed E-state index contributed by atoms with van der Waals surface area (Å²) in [6.07, 6.45) is 0. The van der Waals surface area contributed by atoms with Crippen molar-refractivity contribution in [3.8, 4) is 0 Å². The summed E-state index contributed by atoms with van der Waals surface area (Å²) in [6.45, 7) is 9.02. The maximum absolute atomic E-state index is 13.4. The number of ether oxygens (including phenoxy) is 1. The topological polar surface area (TPSA) is 68.6 Å². The van der Waals surface area contributed by atoms with Gasteiger partial charge in [0.2, 0.25) is 0 Å². The molecule has 0 aliphatic rings. The first-order valence-corrected chi connectivity index (χ1v) is 9.29. The number of ketones is 1. The number of rotatable bonds is 6. The molecule has 28 heavy (non-hydrogen) atoms. The monoisotopic (exact) mass is 384 g/mol. The van der Waals surface area contributed by atoms with Crippen LogP contribution in [-0.2, 0) is 11.8 Å². The number of aromatic nitrogens is 1. The molecule has 1 amide bonds. The zero-order chi connectivity index (χ0) is 21.2. The number of hydrogen-bond acceptors (Lipinski definition) is 4.